The summed E-state index contributed by atoms with van der Waals surface area (Å²) in [6.45, 7) is 0. The van der Waals surface area contributed by atoms with Gasteiger partial charge >= 0.3 is 0 Å². The summed E-state index contributed by atoms with van der Waals surface area (Å²) in [5.41, 5.74) is 7.61. The van der Waals surface area contributed by atoms with Gasteiger partial charge in [-0.15, -0.1) is 0 Å². The Labute approximate surface area is 138 Å². The Bertz CT molecular complexity index is 719. The highest BCUT2D eigenvalue weighted by Gasteiger charge is 2.46. The number of nitrogens with zero attached hydrogens (tertiary/aromatic N) is 1. The Kier molecular flexibility index (Phi) is 4.00. The summed E-state index contributed by atoms with van der Waals surface area (Å²) >= 11 is 12.0. The molecule has 0 aliphatic carbocycles. The van der Waals surface area contributed by atoms with E-state index in [-0.39, 0.29) is 11.9 Å². The molecule has 1 saturated heterocycles. The number of hydrogen-bond acceptors (Lipinski definition) is 3. The Morgan fingerprint density at radius 1 is 1.09 bits per heavy atom. The van der Waals surface area contributed by atoms with Crippen LogP contribution in [0.4, 0.5) is 5.69 Å². The van der Waals surface area contributed by atoms with Crippen molar-refractivity contribution in [2.45, 2.75) is 12.1 Å². The molecule has 2 aromatic carbocycles. The third-order valence-electron chi connectivity index (χ3n) is 3.78. The fraction of sp³-hybridized carbons (Fsp3) is 0.188. The predicted octanol–water partition coefficient (Wildman–Crippen LogP) is 3.42. The Morgan fingerprint density at radius 3 is 2.36 bits per heavy atom. The van der Waals surface area contributed by atoms with Crippen molar-refractivity contribution in [1.29, 1.82) is 0 Å². The molecule has 0 saturated carbocycles. The number of carbonyl (C=O) groups excluding carboxylic acids is 1. The van der Waals surface area contributed by atoms with Crippen LogP contribution in [0.25, 0.3) is 0 Å². The lowest BCUT2D eigenvalue weighted by molar-refractivity contribution is -0.126. The van der Waals surface area contributed by atoms with Gasteiger partial charge in [-0.3, -0.25) is 4.79 Å². The number of carbonyl (C=O) groups is 1. The number of nitrogens with two attached hydrogens (primary N) is 1. The lowest BCUT2D eigenvalue weighted by Crippen LogP contribution is -2.63. The summed E-state index contributed by atoms with van der Waals surface area (Å²) in [5, 5.41) is 0.851. The quantitative estimate of drug-likeness (QED) is 0.873. The van der Waals surface area contributed by atoms with Gasteiger partial charge in [-0.05, 0) is 35.9 Å². The van der Waals surface area contributed by atoms with Crippen molar-refractivity contribution in [1.82, 2.24) is 0 Å². The van der Waals surface area contributed by atoms with Gasteiger partial charge in [-0.1, -0.05) is 35.3 Å². The second-order valence-electron chi connectivity index (χ2n) is 5.05. The van der Waals surface area contributed by atoms with Crippen molar-refractivity contribution in [3.8, 4) is 5.75 Å². The molecule has 1 aliphatic heterocycles. The number of amides is 1. The lowest BCUT2D eigenvalue weighted by Gasteiger charge is -2.45. The maximum atomic E-state index is 12.2. The summed E-state index contributed by atoms with van der Waals surface area (Å²) in [7, 11) is 1.61. The number of rotatable bonds is 3. The fourth-order valence-electron chi connectivity index (χ4n) is 2.59. The predicted molar refractivity (Wildman–Crippen MR) is 87.7 cm³/mol. The first-order chi connectivity index (χ1) is 10.5. The van der Waals surface area contributed by atoms with Gasteiger partial charge in [0.05, 0.1) is 23.2 Å². The molecule has 4 nitrogen and oxygen atoms in total. The zero-order valence-electron chi connectivity index (χ0n) is 11.8. The van der Waals surface area contributed by atoms with Crippen molar-refractivity contribution < 1.29 is 9.53 Å². The van der Waals surface area contributed by atoms with Crippen molar-refractivity contribution in [3.63, 3.8) is 0 Å². The molecule has 0 radical (unpaired) electrons. The molecule has 6 heteroatoms. The largest absolute Gasteiger partial charge is 0.497 e. The van der Waals surface area contributed by atoms with E-state index in [4.69, 9.17) is 33.7 Å². The normalized spacial score (nSPS) is 20.7. The molecule has 114 valence electrons. The van der Waals surface area contributed by atoms with E-state index in [1.807, 2.05) is 24.3 Å². The number of methoxy groups -OCH3 is 1. The minimum Gasteiger partial charge on any atom is -0.497 e. The molecule has 1 heterocycles. The highest BCUT2D eigenvalue weighted by molar-refractivity contribution is 6.42. The Hall–Kier alpha value is -1.75. The molecule has 3 rings (SSSR count). The van der Waals surface area contributed by atoms with Gasteiger partial charge in [-0.25, -0.2) is 0 Å². The van der Waals surface area contributed by atoms with Crippen LogP contribution < -0.4 is 15.4 Å². The number of β-lactam (4-membered cyclic amide) rings is 1. The van der Waals surface area contributed by atoms with E-state index in [0.29, 0.717) is 15.7 Å². The molecule has 1 fully saturated rings. The molecule has 2 N–H and O–H groups in total. The highest BCUT2D eigenvalue weighted by Crippen LogP contribution is 2.40. The van der Waals surface area contributed by atoms with Gasteiger partial charge < -0.3 is 15.4 Å². The number of ether oxygens (including phenoxy) is 1. The van der Waals surface area contributed by atoms with Crippen LogP contribution in [0.15, 0.2) is 42.5 Å². The van der Waals surface area contributed by atoms with E-state index in [1.54, 1.807) is 30.2 Å². The first-order valence-electron chi connectivity index (χ1n) is 6.70. The summed E-state index contributed by atoms with van der Waals surface area (Å²) < 4.78 is 5.15. The molecule has 0 spiro atoms. The standard InChI is InChI=1S/C16H14Cl2N2O2/c1-22-11-5-2-9(3-6-11)15-14(19)16(21)20(15)10-4-7-12(17)13(18)8-10/h2-8,14-15H,19H2,1H3/t14-,15+/m0/s1. The van der Waals surface area contributed by atoms with Gasteiger partial charge in [0.15, 0.2) is 0 Å². The van der Waals surface area contributed by atoms with E-state index >= 15 is 0 Å². The van der Waals surface area contributed by atoms with Crippen molar-refractivity contribution in [3.05, 3.63) is 58.1 Å². The number of hydrogen-bond donors (Lipinski definition) is 1. The molecule has 2 atom stereocenters. The van der Waals surface area contributed by atoms with Crippen LogP contribution in [0.3, 0.4) is 0 Å². The average Bonchev–Trinajstić information content (AvgIpc) is 2.54. The van der Waals surface area contributed by atoms with E-state index in [1.165, 1.54) is 0 Å². The summed E-state index contributed by atoms with van der Waals surface area (Å²) in [5.74, 6) is 0.614. The van der Waals surface area contributed by atoms with Crippen LogP contribution in [0, 0.1) is 0 Å². The second-order valence-corrected chi connectivity index (χ2v) is 5.86. The van der Waals surface area contributed by atoms with E-state index < -0.39 is 6.04 Å². The molecule has 0 bridgehead atoms. The highest BCUT2D eigenvalue weighted by atomic mass is 35.5. The third kappa shape index (κ3) is 2.43. The van der Waals surface area contributed by atoms with Crippen LogP contribution in [0.5, 0.6) is 5.75 Å². The molecule has 1 amide bonds. The van der Waals surface area contributed by atoms with Crippen LogP contribution in [-0.2, 0) is 4.79 Å². The lowest BCUT2D eigenvalue weighted by atomic mass is 9.88. The maximum Gasteiger partial charge on any atom is 0.247 e. The van der Waals surface area contributed by atoms with Gasteiger partial charge in [0.25, 0.3) is 0 Å². The molecule has 0 unspecified atom stereocenters. The van der Waals surface area contributed by atoms with Gasteiger partial charge in [0.1, 0.15) is 11.8 Å². The first kappa shape index (κ1) is 15.2. The van der Waals surface area contributed by atoms with Gasteiger partial charge in [0, 0.05) is 5.69 Å². The second kappa shape index (κ2) is 5.80. The van der Waals surface area contributed by atoms with Crippen LogP contribution in [0.1, 0.15) is 11.6 Å². The molecule has 2 aromatic rings. The van der Waals surface area contributed by atoms with Crippen molar-refractivity contribution in [2.24, 2.45) is 5.73 Å². The van der Waals surface area contributed by atoms with Gasteiger partial charge in [0.2, 0.25) is 5.91 Å². The molecule has 0 aromatic heterocycles. The van der Waals surface area contributed by atoms with Crippen molar-refractivity contribution >= 4 is 34.8 Å². The molecule has 22 heavy (non-hydrogen) atoms. The summed E-state index contributed by atoms with van der Waals surface area (Å²) in [6, 6.07) is 11.8. The molecular weight excluding hydrogens is 323 g/mol. The van der Waals surface area contributed by atoms with E-state index in [9.17, 15) is 4.79 Å². The molecular formula is C16H14Cl2N2O2. The Morgan fingerprint density at radius 2 is 1.77 bits per heavy atom. The molecule has 1 aliphatic rings. The zero-order valence-corrected chi connectivity index (χ0v) is 13.3. The topological polar surface area (TPSA) is 55.6 Å². The zero-order chi connectivity index (χ0) is 15.9. The SMILES string of the molecule is COc1ccc([C@@H]2[C@H](N)C(=O)N2c2ccc(Cl)c(Cl)c2)cc1. The van der Waals surface area contributed by atoms with Crippen LogP contribution in [-0.4, -0.2) is 19.1 Å². The minimum absolute atomic E-state index is 0.140. The third-order valence-corrected chi connectivity index (χ3v) is 4.52. The van der Waals surface area contributed by atoms with E-state index in [2.05, 4.69) is 0 Å². The number of benzene rings is 2. The number of anilines is 1. The van der Waals surface area contributed by atoms with Crippen molar-refractivity contribution in [2.75, 3.05) is 12.0 Å². The van der Waals surface area contributed by atoms with E-state index in [0.717, 1.165) is 11.3 Å². The summed E-state index contributed by atoms with van der Waals surface area (Å²) in [4.78, 5) is 13.8. The summed E-state index contributed by atoms with van der Waals surface area (Å²) in [6.07, 6.45) is 0. The monoisotopic (exact) mass is 336 g/mol. The average molecular weight is 337 g/mol. The van der Waals surface area contributed by atoms with Crippen LogP contribution in [0.2, 0.25) is 10.0 Å². The Balaban J connectivity index is 1.95. The fourth-order valence-corrected chi connectivity index (χ4v) is 2.88. The smallest absolute Gasteiger partial charge is 0.247 e. The van der Waals surface area contributed by atoms with Gasteiger partial charge in [-0.2, -0.15) is 0 Å². The maximum absolute atomic E-state index is 12.2. The number of halogens is 2. The minimum atomic E-state index is -0.567. The first-order valence-corrected chi connectivity index (χ1v) is 7.46. The van der Waals surface area contributed by atoms with Crippen LogP contribution >= 0.6 is 23.2 Å².